The highest BCUT2D eigenvalue weighted by Crippen LogP contribution is 2.14. The summed E-state index contributed by atoms with van der Waals surface area (Å²) in [4.78, 5) is 38.3. The minimum absolute atomic E-state index is 0.0995. The van der Waals surface area contributed by atoms with E-state index in [9.17, 15) is 14.4 Å². The predicted molar refractivity (Wildman–Crippen MR) is 357 cm³/mol. The molecule has 0 rings (SSSR count). The van der Waals surface area contributed by atoms with Gasteiger partial charge in [-0.05, 0) is 148 Å². The monoisotopic (exact) mass is 1130 g/mol. The number of esters is 3. The first-order chi connectivity index (χ1) is 40.5. The fourth-order valence-electron chi connectivity index (χ4n) is 8.74. The smallest absolute Gasteiger partial charge is 0.306 e. The summed E-state index contributed by atoms with van der Waals surface area (Å²) in [6.45, 7) is 6.42. The zero-order chi connectivity index (χ0) is 59.2. The summed E-state index contributed by atoms with van der Waals surface area (Å²) < 4.78 is 16.9. The Hall–Kier alpha value is -4.97. The quantitative estimate of drug-likeness (QED) is 0.0261. The minimum atomic E-state index is -0.804. The van der Waals surface area contributed by atoms with Gasteiger partial charge in [-0.3, -0.25) is 14.4 Å². The van der Waals surface area contributed by atoms with E-state index in [1.807, 2.05) is 0 Å². The Morgan fingerprint density at radius 2 is 0.500 bits per heavy atom. The van der Waals surface area contributed by atoms with Gasteiger partial charge in [0.05, 0.1) is 0 Å². The van der Waals surface area contributed by atoms with Gasteiger partial charge in [0.1, 0.15) is 13.2 Å². The van der Waals surface area contributed by atoms with Crippen molar-refractivity contribution in [1.82, 2.24) is 0 Å². The van der Waals surface area contributed by atoms with Crippen molar-refractivity contribution in [2.75, 3.05) is 13.2 Å². The highest BCUT2D eigenvalue weighted by atomic mass is 16.6. The van der Waals surface area contributed by atoms with Gasteiger partial charge in [0, 0.05) is 19.3 Å². The second-order valence-corrected chi connectivity index (χ2v) is 21.6. The maximum absolute atomic E-state index is 12.9. The van der Waals surface area contributed by atoms with Crippen molar-refractivity contribution < 1.29 is 28.6 Å². The Morgan fingerprint density at radius 1 is 0.256 bits per heavy atom. The number of ether oxygens (including phenoxy) is 3. The van der Waals surface area contributed by atoms with Crippen LogP contribution in [-0.2, 0) is 28.6 Å². The van der Waals surface area contributed by atoms with E-state index in [0.29, 0.717) is 19.3 Å². The maximum atomic E-state index is 12.9. The molecular formula is C76H122O6. The zero-order valence-electron chi connectivity index (χ0n) is 52.9. The van der Waals surface area contributed by atoms with Crippen molar-refractivity contribution in [3.63, 3.8) is 0 Å². The van der Waals surface area contributed by atoms with E-state index in [1.165, 1.54) is 64.2 Å². The average molecular weight is 1130 g/mol. The molecule has 0 bridgehead atoms. The van der Waals surface area contributed by atoms with Crippen molar-refractivity contribution in [1.29, 1.82) is 0 Å². The first-order valence-electron chi connectivity index (χ1n) is 33.5. The lowest BCUT2D eigenvalue weighted by Crippen LogP contribution is -2.30. The van der Waals surface area contributed by atoms with Crippen molar-refractivity contribution in [2.24, 2.45) is 0 Å². The molecule has 0 aliphatic heterocycles. The van der Waals surface area contributed by atoms with Crippen LogP contribution in [0.1, 0.15) is 284 Å². The van der Waals surface area contributed by atoms with E-state index < -0.39 is 6.10 Å². The molecule has 0 aromatic heterocycles. The first kappa shape index (κ1) is 77.0. The SMILES string of the molecule is CC/C=C\C/C=C\C/C=C\C/C=C\C/C=C\C/C=C\C/C=C\C/C=C\C/C=C\CCCCCCCC(=O)OCC(COC(=O)CCCCCCC/C=C\CCC)OC(=O)CCCCCCCC/C=C\C/C=C\C/C=C\CCCCCCC. The molecule has 0 aliphatic carbocycles. The maximum Gasteiger partial charge on any atom is 0.306 e. The summed E-state index contributed by atoms with van der Waals surface area (Å²) in [7, 11) is 0. The third-order valence-electron chi connectivity index (χ3n) is 13.7. The Balaban J connectivity index is 4.33. The summed E-state index contributed by atoms with van der Waals surface area (Å²) in [6.07, 6.45) is 99.7. The molecule has 0 amide bonds. The second kappa shape index (κ2) is 68.5. The molecule has 0 radical (unpaired) electrons. The molecule has 1 unspecified atom stereocenters. The Kier molecular flexibility index (Phi) is 64.4. The third-order valence-corrected chi connectivity index (χ3v) is 13.7. The van der Waals surface area contributed by atoms with Crippen LogP contribution in [0.4, 0.5) is 0 Å². The Labute approximate surface area is 505 Å². The Morgan fingerprint density at radius 3 is 0.805 bits per heavy atom. The standard InChI is InChI=1S/C76H122O6/c1-4-7-10-13-16-19-22-24-26-28-30-32-33-34-35-36-37-38-39-40-41-42-43-45-46-48-50-52-54-57-60-63-66-69-75(78)81-72-73(71-80-74(77)68-65-62-59-56-21-18-15-12-9-6-3)82-76(79)70-67-64-61-58-55-53-51-49-47-44-31-29-27-25-23-20-17-14-11-8-5-2/h7,10,12,15-16,19,23-26,29-32,34-35,37-38,40-41,43,45,47-50,73H,4-6,8-9,11,13-14,17-18,20-22,27-28,33,36,39,42,44,46,51-72H2,1-3H3/b10-7-,15-12-,19-16-,25-23-,26-24-,31-29-,32-30-,35-34-,38-37-,41-40-,45-43-,49-47-,50-48-. The van der Waals surface area contributed by atoms with Crippen LogP contribution in [0.25, 0.3) is 0 Å². The molecule has 0 fully saturated rings. The second-order valence-electron chi connectivity index (χ2n) is 21.6. The van der Waals surface area contributed by atoms with Crippen molar-refractivity contribution >= 4 is 17.9 Å². The van der Waals surface area contributed by atoms with E-state index >= 15 is 0 Å². The van der Waals surface area contributed by atoms with Gasteiger partial charge in [0.25, 0.3) is 0 Å². The fourth-order valence-corrected chi connectivity index (χ4v) is 8.74. The summed E-state index contributed by atoms with van der Waals surface area (Å²) in [5, 5.41) is 0. The molecule has 0 spiro atoms. The minimum Gasteiger partial charge on any atom is -0.462 e. The number of hydrogen-bond donors (Lipinski definition) is 0. The van der Waals surface area contributed by atoms with Gasteiger partial charge in [-0.2, -0.15) is 0 Å². The molecule has 82 heavy (non-hydrogen) atoms. The van der Waals surface area contributed by atoms with E-state index in [4.69, 9.17) is 14.2 Å². The summed E-state index contributed by atoms with van der Waals surface area (Å²) in [6, 6.07) is 0. The third kappa shape index (κ3) is 65.8. The topological polar surface area (TPSA) is 78.9 Å². The van der Waals surface area contributed by atoms with Crippen LogP contribution in [0.2, 0.25) is 0 Å². The largest absolute Gasteiger partial charge is 0.462 e. The molecule has 6 nitrogen and oxygen atoms in total. The van der Waals surface area contributed by atoms with Gasteiger partial charge in [-0.25, -0.2) is 0 Å². The molecule has 462 valence electrons. The molecule has 1 atom stereocenters. The van der Waals surface area contributed by atoms with Crippen LogP contribution in [-0.4, -0.2) is 37.2 Å². The number of carbonyl (C=O) groups is 3. The normalized spacial score (nSPS) is 13.2. The molecule has 0 saturated heterocycles. The summed E-state index contributed by atoms with van der Waals surface area (Å²) in [5.41, 5.74) is 0. The van der Waals surface area contributed by atoms with Gasteiger partial charge in [0.2, 0.25) is 0 Å². The van der Waals surface area contributed by atoms with E-state index in [2.05, 4.69) is 179 Å². The van der Waals surface area contributed by atoms with E-state index in [1.54, 1.807) is 0 Å². The number of rotatable bonds is 59. The highest BCUT2D eigenvalue weighted by molar-refractivity contribution is 5.71. The van der Waals surface area contributed by atoms with Crippen LogP contribution in [0.5, 0.6) is 0 Å². The molecule has 6 heteroatoms. The lowest BCUT2D eigenvalue weighted by atomic mass is 10.1. The number of hydrogen-bond acceptors (Lipinski definition) is 6. The van der Waals surface area contributed by atoms with Crippen molar-refractivity contribution in [2.45, 2.75) is 290 Å². The van der Waals surface area contributed by atoms with Gasteiger partial charge < -0.3 is 14.2 Å². The predicted octanol–water partition coefficient (Wildman–Crippen LogP) is 23.3. The lowest BCUT2D eigenvalue weighted by molar-refractivity contribution is -0.167. The van der Waals surface area contributed by atoms with Crippen LogP contribution in [0, 0.1) is 0 Å². The lowest BCUT2D eigenvalue weighted by Gasteiger charge is -2.18. The summed E-state index contributed by atoms with van der Waals surface area (Å²) >= 11 is 0. The van der Waals surface area contributed by atoms with Crippen molar-refractivity contribution in [3.8, 4) is 0 Å². The number of carbonyl (C=O) groups excluding carboxylic acids is 3. The van der Waals surface area contributed by atoms with Crippen LogP contribution in [0.3, 0.4) is 0 Å². The fraction of sp³-hybridized carbons (Fsp3) is 0.618. The number of unbranched alkanes of at least 4 members (excludes halogenated alkanes) is 22. The molecule has 0 aliphatic rings. The molecule has 0 saturated carbocycles. The van der Waals surface area contributed by atoms with Gasteiger partial charge in [-0.1, -0.05) is 275 Å². The van der Waals surface area contributed by atoms with Crippen molar-refractivity contribution in [3.05, 3.63) is 158 Å². The van der Waals surface area contributed by atoms with Gasteiger partial charge in [-0.15, -0.1) is 0 Å². The van der Waals surface area contributed by atoms with Crippen LogP contribution < -0.4 is 0 Å². The summed E-state index contributed by atoms with van der Waals surface area (Å²) in [5.74, 6) is -0.944. The van der Waals surface area contributed by atoms with E-state index in [0.717, 1.165) is 180 Å². The molecule has 0 heterocycles. The molecule has 0 aromatic rings. The van der Waals surface area contributed by atoms with Gasteiger partial charge >= 0.3 is 17.9 Å². The first-order valence-corrected chi connectivity index (χ1v) is 33.5. The molecular weight excluding hydrogens is 1010 g/mol. The van der Waals surface area contributed by atoms with Crippen LogP contribution >= 0.6 is 0 Å². The van der Waals surface area contributed by atoms with Crippen LogP contribution in [0.15, 0.2) is 158 Å². The molecule has 0 aromatic carbocycles. The van der Waals surface area contributed by atoms with Gasteiger partial charge in [0.15, 0.2) is 6.10 Å². The molecule has 0 N–H and O–H groups in total. The number of allylic oxidation sites excluding steroid dienone is 26. The Bertz CT molecular complexity index is 1830. The zero-order valence-corrected chi connectivity index (χ0v) is 52.9. The highest BCUT2D eigenvalue weighted by Gasteiger charge is 2.19. The average Bonchev–Trinajstić information content (AvgIpc) is 3.48. The van der Waals surface area contributed by atoms with E-state index in [-0.39, 0.29) is 31.1 Å².